The smallest absolute Gasteiger partial charge is 0.243 e. The van der Waals surface area contributed by atoms with Gasteiger partial charge in [0.05, 0.1) is 16.5 Å². The number of sulfonamides is 1. The standard InChI is InChI=1S/C18H20BrClN2O3S/c1-13-11-16(19)17(25-2)12-18(13)26(23,24)22-9-7-21(8-10-22)15-5-3-14(20)4-6-15/h3-6,11-12H,7-10H2,1-2H3. The Bertz CT molecular complexity index is 895. The molecule has 0 aliphatic carbocycles. The molecule has 0 spiro atoms. The second kappa shape index (κ2) is 7.76. The molecule has 0 radical (unpaired) electrons. The fraction of sp³-hybridized carbons (Fsp3) is 0.333. The summed E-state index contributed by atoms with van der Waals surface area (Å²) in [6.45, 7) is 3.92. The first-order chi connectivity index (χ1) is 12.3. The largest absolute Gasteiger partial charge is 0.496 e. The summed E-state index contributed by atoms with van der Waals surface area (Å²) in [5.74, 6) is 0.508. The number of anilines is 1. The minimum absolute atomic E-state index is 0.289. The lowest BCUT2D eigenvalue weighted by Crippen LogP contribution is -2.48. The van der Waals surface area contributed by atoms with Crippen molar-refractivity contribution in [2.24, 2.45) is 0 Å². The van der Waals surface area contributed by atoms with Crippen LogP contribution in [-0.4, -0.2) is 46.0 Å². The Hall–Kier alpha value is -1.28. The van der Waals surface area contributed by atoms with Crippen LogP contribution in [0.4, 0.5) is 5.69 Å². The number of halogens is 2. The predicted octanol–water partition coefficient (Wildman–Crippen LogP) is 3.93. The highest BCUT2D eigenvalue weighted by atomic mass is 79.9. The van der Waals surface area contributed by atoms with Crippen LogP contribution in [-0.2, 0) is 10.0 Å². The number of nitrogens with zero attached hydrogens (tertiary/aromatic N) is 2. The van der Waals surface area contributed by atoms with Crippen molar-refractivity contribution >= 4 is 43.2 Å². The van der Waals surface area contributed by atoms with E-state index in [1.807, 2.05) is 24.3 Å². The molecule has 0 bridgehead atoms. The lowest BCUT2D eigenvalue weighted by atomic mass is 10.2. The van der Waals surface area contributed by atoms with Crippen molar-refractivity contribution in [2.45, 2.75) is 11.8 Å². The second-order valence-corrected chi connectivity index (χ2v) is 9.32. The Morgan fingerprint density at radius 3 is 2.27 bits per heavy atom. The molecule has 3 rings (SSSR count). The van der Waals surface area contributed by atoms with Crippen LogP contribution >= 0.6 is 27.5 Å². The molecule has 26 heavy (non-hydrogen) atoms. The van der Waals surface area contributed by atoms with Crippen molar-refractivity contribution in [1.82, 2.24) is 4.31 Å². The Morgan fingerprint density at radius 2 is 1.69 bits per heavy atom. The summed E-state index contributed by atoms with van der Waals surface area (Å²) in [6, 6.07) is 11.0. The number of rotatable bonds is 4. The summed E-state index contributed by atoms with van der Waals surface area (Å²) < 4.78 is 33.7. The lowest BCUT2D eigenvalue weighted by molar-refractivity contribution is 0.383. The number of hydrogen-bond acceptors (Lipinski definition) is 4. The van der Waals surface area contributed by atoms with Crippen molar-refractivity contribution < 1.29 is 13.2 Å². The molecule has 0 atom stereocenters. The van der Waals surface area contributed by atoms with Gasteiger partial charge in [-0.1, -0.05) is 11.6 Å². The molecule has 1 aliphatic rings. The van der Waals surface area contributed by atoms with Crippen LogP contribution in [0.1, 0.15) is 5.56 Å². The third-order valence-corrected chi connectivity index (χ3v) is 7.41. The SMILES string of the molecule is COc1cc(S(=O)(=O)N2CCN(c3ccc(Cl)cc3)CC2)c(C)cc1Br. The highest BCUT2D eigenvalue weighted by Crippen LogP contribution is 2.32. The van der Waals surface area contributed by atoms with Crippen molar-refractivity contribution in [3.8, 4) is 5.75 Å². The van der Waals surface area contributed by atoms with Crippen LogP contribution in [0.25, 0.3) is 0 Å². The molecule has 2 aromatic rings. The van der Waals surface area contributed by atoms with Crippen molar-refractivity contribution in [1.29, 1.82) is 0 Å². The van der Waals surface area contributed by atoms with Crippen LogP contribution in [0.3, 0.4) is 0 Å². The van der Waals surface area contributed by atoms with Gasteiger partial charge in [0.15, 0.2) is 0 Å². The van der Waals surface area contributed by atoms with Crippen LogP contribution in [0.5, 0.6) is 5.75 Å². The van der Waals surface area contributed by atoms with E-state index in [1.165, 1.54) is 11.4 Å². The van der Waals surface area contributed by atoms with Gasteiger partial charge in [0, 0.05) is 43.0 Å². The van der Waals surface area contributed by atoms with Crippen LogP contribution in [0, 0.1) is 6.92 Å². The van der Waals surface area contributed by atoms with Gasteiger partial charge in [0.25, 0.3) is 0 Å². The number of hydrogen-bond donors (Lipinski definition) is 0. The fourth-order valence-electron chi connectivity index (χ4n) is 3.05. The minimum atomic E-state index is -3.57. The van der Waals surface area contributed by atoms with Gasteiger partial charge in [-0.15, -0.1) is 0 Å². The molecule has 1 aliphatic heterocycles. The van der Waals surface area contributed by atoms with Gasteiger partial charge < -0.3 is 9.64 Å². The van der Waals surface area contributed by atoms with E-state index >= 15 is 0 Å². The highest BCUT2D eigenvalue weighted by Gasteiger charge is 2.30. The number of methoxy groups -OCH3 is 1. The van der Waals surface area contributed by atoms with Crippen LogP contribution in [0.2, 0.25) is 5.02 Å². The third kappa shape index (κ3) is 3.86. The van der Waals surface area contributed by atoms with Gasteiger partial charge in [-0.3, -0.25) is 0 Å². The maximum absolute atomic E-state index is 13.1. The molecule has 8 heteroatoms. The summed E-state index contributed by atoms with van der Waals surface area (Å²) in [5, 5.41) is 0.689. The summed E-state index contributed by atoms with van der Waals surface area (Å²) in [5.41, 5.74) is 1.74. The van der Waals surface area contributed by atoms with Crippen molar-refractivity contribution in [3.63, 3.8) is 0 Å². The van der Waals surface area contributed by atoms with E-state index < -0.39 is 10.0 Å². The van der Waals surface area contributed by atoms with Gasteiger partial charge in [0.1, 0.15) is 5.75 Å². The molecule has 1 fully saturated rings. The van der Waals surface area contributed by atoms with Gasteiger partial charge in [-0.25, -0.2) is 8.42 Å². The molecule has 1 saturated heterocycles. The highest BCUT2D eigenvalue weighted by molar-refractivity contribution is 9.10. The van der Waals surface area contributed by atoms with E-state index in [2.05, 4.69) is 20.8 Å². The number of benzene rings is 2. The Morgan fingerprint density at radius 1 is 1.08 bits per heavy atom. The molecule has 0 N–H and O–H groups in total. The Kier molecular flexibility index (Phi) is 5.81. The van der Waals surface area contributed by atoms with Crippen molar-refractivity contribution in [3.05, 3.63) is 51.5 Å². The predicted molar refractivity (Wildman–Crippen MR) is 108 cm³/mol. The van der Waals surface area contributed by atoms with E-state index in [0.717, 1.165) is 10.2 Å². The van der Waals surface area contributed by atoms with E-state index in [0.29, 0.717) is 42.5 Å². The first-order valence-electron chi connectivity index (χ1n) is 8.17. The molecular weight excluding hydrogens is 440 g/mol. The zero-order valence-electron chi connectivity index (χ0n) is 14.6. The summed E-state index contributed by atoms with van der Waals surface area (Å²) in [4.78, 5) is 2.45. The second-order valence-electron chi connectivity index (χ2n) is 6.12. The summed E-state index contributed by atoms with van der Waals surface area (Å²) >= 11 is 9.33. The monoisotopic (exact) mass is 458 g/mol. The van der Waals surface area contributed by atoms with Gasteiger partial charge in [-0.2, -0.15) is 4.31 Å². The average molecular weight is 460 g/mol. The van der Waals surface area contributed by atoms with Gasteiger partial charge in [-0.05, 0) is 58.7 Å². The number of aryl methyl sites for hydroxylation is 1. The molecule has 0 amide bonds. The normalized spacial score (nSPS) is 15.9. The maximum Gasteiger partial charge on any atom is 0.243 e. The first-order valence-corrected chi connectivity index (χ1v) is 10.8. The maximum atomic E-state index is 13.1. The molecule has 0 saturated carbocycles. The topological polar surface area (TPSA) is 49.9 Å². The van der Waals surface area contributed by atoms with E-state index in [9.17, 15) is 8.42 Å². The summed E-state index contributed by atoms with van der Waals surface area (Å²) in [6.07, 6.45) is 0. The van der Waals surface area contributed by atoms with E-state index in [1.54, 1.807) is 19.1 Å². The zero-order valence-corrected chi connectivity index (χ0v) is 17.7. The lowest BCUT2D eigenvalue weighted by Gasteiger charge is -2.35. The molecule has 1 heterocycles. The number of ether oxygens (including phenoxy) is 1. The zero-order chi connectivity index (χ0) is 18.9. The van der Waals surface area contributed by atoms with Crippen LogP contribution < -0.4 is 9.64 Å². The number of piperazine rings is 1. The molecule has 140 valence electrons. The van der Waals surface area contributed by atoms with E-state index in [4.69, 9.17) is 16.3 Å². The van der Waals surface area contributed by atoms with Gasteiger partial charge >= 0.3 is 0 Å². The van der Waals surface area contributed by atoms with Gasteiger partial charge in [0.2, 0.25) is 10.0 Å². The molecule has 2 aromatic carbocycles. The third-order valence-electron chi connectivity index (χ3n) is 4.50. The quantitative estimate of drug-likeness (QED) is 0.695. The fourth-order valence-corrected chi connectivity index (χ4v) is 5.44. The average Bonchev–Trinajstić information content (AvgIpc) is 2.62. The van der Waals surface area contributed by atoms with Crippen molar-refractivity contribution in [2.75, 3.05) is 38.2 Å². The molecule has 5 nitrogen and oxygen atoms in total. The minimum Gasteiger partial charge on any atom is -0.496 e. The molecule has 0 aromatic heterocycles. The molecular formula is C18H20BrClN2O3S. The van der Waals surface area contributed by atoms with E-state index in [-0.39, 0.29) is 4.90 Å². The first kappa shape index (κ1) is 19.5. The summed E-state index contributed by atoms with van der Waals surface area (Å²) in [7, 11) is -2.05. The Labute approximate surface area is 167 Å². The molecule has 0 unspecified atom stereocenters. The Balaban J connectivity index is 1.79. The van der Waals surface area contributed by atoms with Crippen LogP contribution in [0.15, 0.2) is 45.8 Å².